The van der Waals surface area contributed by atoms with Crippen molar-refractivity contribution in [3.63, 3.8) is 0 Å². The lowest BCUT2D eigenvalue weighted by molar-refractivity contribution is -0.129. The molecule has 0 spiro atoms. The molecule has 25 heavy (non-hydrogen) atoms. The molecule has 0 aliphatic carbocycles. The van der Waals surface area contributed by atoms with Crippen LogP contribution in [-0.4, -0.2) is 38.2 Å². The summed E-state index contributed by atoms with van der Waals surface area (Å²) in [5.74, 6) is 1.23. The molecule has 3 rings (SSSR count). The zero-order valence-electron chi connectivity index (χ0n) is 14.8. The largest absolute Gasteiger partial charge is 0.497 e. The van der Waals surface area contributed by atoms with Crippen LogP contribution in [0.25, 0.3) is 0 Å². The summed E-state index contributed by atoms with van der Waals surface area (Å²) in [6.07, 6.45) is 2.34. The van der Waals surface area contributed by atoms with Crippen molar-refractivity contribution >= 4 is 11.6 Å². The van der Waals surface area contributed by atoms with Gasteiger partial charge < -0.3 is 20.1 Å². The number of nitrogens with zero attached hydrogens (tertiary/aromatic N) is 2. The van der Waals surface area contributed by atoms with Crippen LogP contribution >= 0.6 is 0 Å². The van der Waals surface area contributed by atoms with Crippen molar-refractivity contribution < 1.29 is 14.3 Å². The van der Waals surface area contributed by atoms with Gasteiger partial charge in [0.05, 0.1) is 31.0 Å². The number of hydrogen-bond donors (Lipinski definition) is 1. The summed E-state index contributed by atoms with van der Waals surface area (Å²) < 4.78 is 10.7. The number of carbonyl (C=O) groups is 1. The molecule has 2 aromatic rings. The average molecular weight is 341 g/mol. The molecule has 0 atom stereocenters. The topological polar surface area (TPSA) is 77.7 Å². The third-order valence-corrected chi connectivity index (χ3v) is 4.79. The lowest BCUT2D eigenvalue weighted by Crippen LogP contribution is -2.63. The SMILES string of the molecule is COc1cccc(CC2(C(N)=O)CN(c3ccnc(C)c3OC)C2)c1. The summed E-state index contributed by atoms with van der Waals surface area (Å²) in [7, 11) is 3.26. The van der Waals surface area contributed by atoms with E-state index in [1.54, 1.807) is 20.4 Å². The Bertz CT molecular complexity index is 785. The monoisotopic (exact) mass is 341 g/mol. The van der Waals surface area contributed by atoms with Gasteiger partial charge in [0.1, 0.15) is 5.75 Å². The van der Waals surface area contributed by atoms with Gasteiger partial charge in [0, 0.05) is 19.3 Å². The standard InChI is InChI=1S/C19H23N3O3/c1-13-17(25-3)16(7-8-21-13)22-11-19(12-22,18(20)23)10-14-5-4-6-15(9-14)24-2/h4-9H,10-12H2,1-3H3,(H2,20,23). The molecule has 0 unspecified atom stereocenters. The third kappa shape index (κ3) is 3.12. The zero-order chi connectivity index (χ0) is 18.0. The van der Waals surface area contributed by atoms with Crippen LogP contribution in [0.1, 0.15) is 11.3 Å². The Labute approximate surface area is 147 Å². The molecule has 6 heteroatoms. The van der Waals surface area contributed by atoms with Crippen molar-refractivity contribution in [2.75, 3.05) is 32.2 Å². The maximum Gasteiger partial charge on any atom is 0.227 e. The number of rotatable bonds is 6. The van der Waals surface area contributed by atoms with Crippen molar-refractivity contribution in [2.24, 2.45) is 11.1 Å². The van der Waals surface area contributed by atoms with E-state index in [0.29, 0.717) is 19.5 Å². The number of nitrogens with two attached hydrogens (primary N) is 1. The molecule has 1 aliphatic rings. The van der Waals surface area contributed by atoms with Gasteiger partial charge in [0.25, 0.3) is 0 Å². The Hall–Kier alpha value is -2.76. The molecule has 1 aromatic heterocycles. The first-order chi connectivity index (χ1) is 12.0. The highest BCUT2D eigenvalue weighted by atomic mass is 16.5. The van der Waals surface area contributed by atoms with Crippen LogP contribution < -0.4 is 20.1 Å². The molecule has 1 aromatic carbocycles. The number of pyridine rings is 1. The number of hydrogen-bond acceptors (Lipinski definition) is 5. The van der Waals surface area contributed by atoms with Gasteiger partial charge in [0.2, 0.25) is 5.91 Å². The van der Waals surface area contributed by atoms with E-state index in [9.17, 15) is 4.79 Å². The Morgan fingerprint density at radius 3 is 2.68 bits per heavy atom. The highest BCUT2D eigenvalue weighted by Crippen LogP contribution is 2.41. The van der Waals surface area contributed by atoms with Gasteiger partial charge >= 0.3 is 0 Å². The minimum absolute atomic E-state index is 0.281. The van der Waals surface area contributed by atoms with Crippen LogP contribution in [0.15, 0.2) is 36.5 Å². The van der Waals surface area contributed by atoms with Gasteiger partial charge in [-0.3, -0.25) is 9.78 Å². The minimum atomic E-state index is -0.589. The Morgan fingerprint density at radius 2 is 2.04 bits per heavy atom. The molecule has 1 saturated heterocycles. The number of anilines is 1. The molecule has 132 valence electrons. The lowest BCUT2D eigenvalue weighted by atomic mass is 9.73. The summed E-state index contributed by atoms with van der Waals surface area (Å²) in [6, 6.07) is 9.66. The fourth-order valence-electron chi connectivity index (χ4n) is 3.42. The number of ether oxygens (including phenoxy) is 2. The second-order valence-corrected chi connectivity index (χ2v) is 6.48. The number of carbonyl (C=O) groups excluding carboxylic acids is 1. The van der Waals surface area contributed by atoms with E-state index in [1.165, 1.54) is 0 Å². The molecular weight excluding hydrogens is 318 g/mol. The normalized spacial score (nSPS) is 15.4. The highest BCUT2D eigenvalue weighted by molar-refractivity contribution is 5.85. The molecule has 6 nitrogen and oxygen atoms in total. The first kappa shape index (κ1) is 17.1. The number of benzene rings is 1. The smallest absolute Gasteiger partial charge is 0.227 e. The molecule has 0 saturated carbocycles. The van der Waals surface area contributed by atoms with Crippen LogP contribution in [0.5, 0.6) is 11.5 Å². The van der Waals surface area contributed by atoms with Gasteiger partial charge in [-0.05, 0) is 37.1 Å². The summed E-state index contributed by atoms with van der Waals surface area (Å²) in [6.45, 7) is 3.01. The van der Waals surface area contributed by atoms with Crippen LogP contribution in [0.4, 0.5) is 5.69 Å². The van der Waals surface area contributed by atoms with E-state index in [2.05, 4.69) is 9.88 Å². The lowest BCUT2D eigenvalue weighted by Gasteiger charge is -2.49. The van der Waals surface area contributed by atoms with Gasteiger partial charge in [-0.1, -0.05) is 12.1 Å². The van der Waals surface area contributed by atoms with E-state index in [4.69, 9.17) is 15.2 Å². The summed E-state index contributed by atoms with van der Waals surface area (Å²) >= 11 is 0. The van der Waals surface area contributed by atoms with Gasteiger partial charge in [-0.15, -0.1) is 0 Å². The van der Waals surface area contributed by atoms with E-state index < -0.39 is 5.41 Å². The Balaban J connectivity index is 1.82. The first-order valence-electron chi connectivity index (χ1n) is 8.16. The fourth-order valence-corrected chi connectivity index (χ4v) is 3.42. The maximum atomic E-state index is 12.2. The number of aromatic nitrogens is 1. The Morgan fingerprint density at radius 1 is 1.28 bits per heavy atom. The van der Waals surface area contributed by atoms with Crippen LogP contribution in [-0.2, 0) is 11.2 Å². The minimum Gasteiger partial charge on any atom is -0.497 e. The van der Waals surface area contributed by atoms with Gasteiger partial charge in [0.15, 0.2) is 5.75 Å². The molecule has 1 fully saturated rings. The number of aryl methyl sites for hydroxylation is 1. The zero-order valence-corrected chi connectivity index (χ0v) is 14.8. The molecular formula is C19H23N3O3. The highest BCUT2D eigenvalue weighted by Gasteiger charge is 2.48. The van der Waals surface area contributed by atoms with Crippen LogP contribution in [0.3, 0.4) is 0 Å². The molecule has 0 bridgehead atoms. The van der Waals surface area contributed by atoms with Crippen molar-refractivity contribution in [1.29, 1.82) is 0 Å². The third-order valence-electron chi connectivity index (χ3n) is 4.79. The molecule has 1 aliphatic heterocycles. The predicted molar refractivity (Wildman–Crippen MR) is 96.1 cm³/mol. The van der Waals surface area contributed by atoms with E-state index in [1.807, 2.05) is 37.3 Å². The van der Waals surface area contributed by atoms with Crippen molar-refractivity contribution in [2.45, 2.75) is 13.3 Å². The van der Waals surface area contributed by atoms with Crippen molar-refractivity contribution in [1.82, 2.24) is 4.98 Å². The first-order valence-corrected chi connectivity index (χ1v) is 8.16. The number of primary amides is 1. The average Bonchev–Trinajstić information content (AvgIpc) is 2.57. The number of methoxy groups -OCH3 is 2. The summed E-state index contributed by atoms with van der Waals surface area (Å²) in [5, 5.41) is 0. The van der Waals surface area contributed by atoms with E-state index in [-0.39, 0.29) is 5.91 Å². The molecule has 2 heterocycles. The van der Waals surface area contributed by atoms with Gasteiger partial charge in [-0.2, -0.15) is 0 Å². The van der Waals surface area contributed by atoms with Crippen LogP contribution in [0, 0.1) is 12.3 Å². The molecule has 0 radical (unpaired) electrons. The summed E-state index contributed by atoms with van der Waals surface area (Å²) in [4.78, 5) is 18.5. The maximum absolute atomic E-state index is 12.2. The van der Waals surface area contributed by atoms with Crippen molar-refractivity contribution in [3.8, 4) is 11.5 Å². The van der Waals surface area contributed by atoms with E-state index >= 15 is 0 Å². The second kappa shape index (κ2) is 6.63. The molecule has 2 N–H and O–H groups in total. The summed E-state index contributed by atoms with van der Waals surface area (Å²) in [5.41, 5.74) is 7.97. The Kier molecular flexibility index (Phi) is 4.53. The number of amides is 1. The fraction of sp³-hybridized carbons (Fsp3) is 0.368. The molecule has 1 amide bonds. The van der Waals surface area contributed by atoms with Crippen LogP contribution in [0.2, 0.25) is 0 Å². The van der Waals surface area contributed by atoms with E-state index in [0.717, 1.165) is 28.4 Å². The predicted octanol–water partition coefficient (Wildman–Crippen LogP) is 1.94. The van der Waals surface area contributed by atoms with Gasteiger partial charge in [-0.25, -0.2) is 0 Å². The second-order valence-electron chi connectivity index (χ2n) is 6.48. The quantitative estimate of drug-likeness (QED) is 0.869. The van der Waals surface area contributed by atoms with Crippen molar-refractivity contribution in [3.05, 3.63) is 47.8 Å².